The van der Waals surface area contributed by atoms with Crippen molar-refractivity contribution in [2.75, 3.05) is 24.5 Å². The van der Waals surface area contributed by atoms with E-state index in [1.54, 1.807) is 11.3 Å². The minimum Gasteiger partial charge on any atom is -0.353 e. The summed E-state index contributed by atoms with van der Waals surface area (Å²) in [6, 6.07) is 2.01. The van der Waals surface area contributed by atoms with Crippen molar-refractivity contribution in [1.82, 2.24) is 25.4 Å². The van der Waals surface area contributed by atoms with Gasteiger partial charge in [-0.3, -0.25) is 14.2 Å². The molecule has 0 spiro atoms. The van der Waals surface area contributed by atoms with Gasteiger partial charge in [0.05, 0.1) is 12.6 Å². The summed E-state index contributed by atoms with van der Waals surface area (Å²) in [5.74, 6) is 1.54. The van der Waals surface area contributed by atoms with E-state index < -0.39 is 0 Å². The number of aryl methyl sites for hydroxylation is 1. The van der Waals surface area contributed by atoms with E-state index in [9.17, 15) is 9.59 Å². The summed E-state index contributed by atoms with van der Waals surface area (Å²) < 4.78 is 2.06. The summed E-state index contributed by atoms with van der Waals surface area (Å²) in [6.45, 7) is 2.32. The van der Waals surface area contributed by atoms with Crippen LogP contribution in [-0.2, 0) is 22.6 Å². The van der Waals surface area contributed by atoms with Crippen LogP contribution in [-0.4, -0.2) is 46.2 Å². The molecule has 0 radical (unpaired) electrons. The molecule has 2 aliphatic heterocycles. The zero-order chi connectivity index (χ0) is 17.2. The number of carbonyl (C=O) groups is 2. The van der Waals surface area contributed by atoms with Gasteiger partial charge in [-0.1, -0.05) is 0 Å². The van der Waals surface area contributed by atoms with Crippen LogP contribution in [0.4, 0.5) is 5.95 Å². The Hall–Kier alpha value is -2.42. The minimum atomic E-state index is -0.102. The van der Waals surface area contributed by atoms with Crippen molar-refractivity contribution >= 4 is 29.1 Å². The van der Waals surface area contributed by atoms with Crippen LogP contribution < -0.4 is 15.5 Å². The number of rotatable bonds is 5. The van der Waals surface area contributed by atoms with Crippen LogP contribution in [0.3, 0.4) is 0 Å². The molecule has 1 unspecified atom stereocenters. The molecule has 2 saturated heterocycles. The number of thiophene rings is 1. The third-order valence-corrected chi connectivity index (χ3v) is 5.32. The molecule has 4 heterocycles. The van der Waals surface area contributed by atoms with Gasteiger partial charge < -0.3 is 15.5 Å². The lowest BCUT2D eigenvalue weighted by Gasteiger charge is -2.28. The lowest BCUT2D eigenvalue weighted by Crippen LogP contribution is -2.48. The predicted octanol–water partition coefficient (Wildman–Crippen LogP) is 0.470. The molecule has 2 aromatic heterocycles. The third kappa shape index (κ3) is 3.37. The Kier molecular flexibility index (Phi) is 4.39. The first-order valence-electron chi connectivity index (χ1n) is 8.46. The second kappa shape index (κ2) is 6.83. The standard InChI is InChI=1S/C16H20N6O2S/c23-13-2-1-12(18-13)15-19-20-16(21-7-5-17-14(24)9-21)22(15)6-3-11-4-8-25-10-11/h4,8,10,12H,1-3,5-7,9H2,(H,17,24)(H,18,23). The van der Waals surface area contributed by atoms with Gasteiger partial charge in [-0.25, -0.2) is 0 Å². The van der Waals surface area contributed by atoms with Crippen molar-refractivity contribution in [3.8, 4) is 0 Å². The van der Waals surface area contributed by atoms with E-state index in [0.29, 0.717) is 25.5 Å². The van der Waals surface area contributed by atoms with Gasteiger partial charge in [0.2, 0.25) is 17.8 Å². The topological polar surface area (TPSA) is 92.2 Å². The Morgan fingerprint density at radius 3 is 2.92 bits per heavy atom. The summed E-state index contributed by atoms with van der Waals surface area (Å²) in [7, 11) is 0. The lowest BCUT2D eigenvalue weighted by atomic mass is 10.2. The molecule has 4 rings (SSSR count). The molecule has 2 fully saturated rings. The SMILES string of the molecule is O=C1CN(c2nnc(C3CCC(=O)N3)n2CCc2ccsc2)CCN1. The van der Waals surface area contributed by atoms with Crippen molar-refractivity contribution in [2.24, 2.45) is 0 Å². The molecule has 0 aliphatic carbocycles. The van der Waals surface area contributed by atoms with Crippen molar-refractivity contribution in [1.29, 1.82) is 0 Å². The molecule has 2 N–H and O–H groups in total. The molecule has 2 aromatic rings. The maximum absolute atomic E-state index is 11.7. The van der Waals surface area contributed by atoms with E-state index in [0.717, 1.165) is 25.2 Å². The van der Waals surface area contributed by atoms with Gasteiger partial charge in [0.25, 0.3) is 0 Å². The van der Waals surface area contributed by atoms with E-state index >= 15 is 0 Å². The van der Waals surface area contributed by atoms with Gasteiger partial charge in [0.1, 0.15) is 0 Å². The molecule has 0 bridgehead atoms. The number of hydrogen-bond donors (Lipinski definition) is 2. The highest BCUT2D eigenvalue weighted by molar-refractivity contribution is 7.07. The van der Waals surface area contributed by atoms with Crippen LogP contribution in [0.15, 0.2) is 16.8 Å². The Balaban J connectivity index is 1.61. The van der Waals surface area contributed by atoms with E-state index in [-0.39, 0.29) is 24.4 Å². The molecule has 2 aliphatic rings. The first-order chi connectivity index (χ1) is 12.2. The van der Waals surface area contributed by atoms with E-state index in [2.05, 4.69) is 42.2 Å². The molecule has 0 saturated carbocycles. The number of nitrogens with one attached hydrogen (secondary N) is 2. The Labute approximate surface area is 149 Å². The normalized spacial score (nSPS) is 20.6. The van der Waals surface area contributed by atoms with Crippen LogP contribution in [0.1, 0.15) is 30.3 Å². The molecular formula is C16H20N6O2S. The second-order valence-electron chi connectivity index (χ2n) is 6.32. The van der Waals surface area contributed by atoms with Crippen molar-refractivity contribution in [2.45, 2.75) is 31.8 Å². The van der Waals surface area contributed by atoms with Crippen molar-refractivity contribution in [3.05, 3.63) is 28.2 Å². The summed E-state index contributed by atoms with van der Waals surface area (Å²) in [5.41, 5.74) is 1.27. The second-order valence-corrected chi connectivity index (χ2v) is 7.10. The highest BCUT2D eigenvalue weighted by Gasteiger charge is 2.30. The van der Waals surface area contributed by atoms with Crippen LogP contribution in [0.25, 0.3) is 0 Å². The average molecular weight is 360 g/mol. The first-order valence-corrected chi connectivity index (χ1v) is 9.40. The number of aromatic nitrogens is 3. The van der Waals surface area contributed by atoms with E-state index in [1.807, 2.05) is 4.90 Å². The smallest absolute Gasteiger partial charge is 0.239 e. The molecule has 132 valence electrons. The van der Waals surface area contributed by atoms with Gasteiger partial charge in [-0.05, 0) is 35.2 Å². The number of nitrogens with zero attached hydrogens (tertiary/aromatic N) is 4. The number of hydrogen-bond acceptors (Lipinski definition) is 6. The van der Waals surface area contributed by atoms with Gasteiger partial charge in [-0.2, -0.15) is 11.3 Å². The van der Waals surface area contributed by atoms with Crippen LogP contribution in [0.5, 0.6) is 0 Å². The number of carbonyl (C=O) groups excluding carboxylic acids is 2. The summed E-state index contributed by atoms with van der Waals surface area (Å²) in [6.07, 6.45) is 2.11. The Bertz CT molecular complexity index is 772. The number of piperazine rings is 1. The zero-order valence-electron chi connectivity index (χ0n) is 13.8. The minimum absolute atomic E-state index is 0.00523. The fraction of sp³-hybridized carbons (Fsp3) is 0.500. The molecule has 0 aromatic carbocycles. The first kappa shape index (κ1) is 16.1. The van der Waals surface area contributed by atoms with Gasteiger partial charge in [-0.15, -0.1) is 10.2 Å². The Morgan fingerprint density at radius 1 is 1.28 bits per heavy atom. The van der Waals surface area contributed by atoms with Crippen LogP contribution in [0.2, 0.25) is 0 Å². The lowest BCUT2D eigenvalue weighted by molar-refractivity contribution is -0.120. The number of anilines is 1. The summed E-state index contributed by atoms with van der Waals surface area (Å²) in [5, 5.41) is 18.7. The zero-order valence-corrected chi connectivity index (χ0v) is 14.6. The van der Waals surface area contributed by atoms with Crippen molar-refractivity contribution < 1.29 is 9.59 Å². The maximum Gasteiger partial charge on any atom is 0.239 e. The fourth-order valence-electron chi connectivity index (χ4n) is 3.31. The Morgan fingerprint density at radius 2 is 2.20 bits per heavy atom. The van der Waals surface area contributed by atoms with Crippen LogP contribution >= 0.6 is 11.3 Å². The van der Waals surface area contributed by atoms with E-state index in [4.69, 9.17) is 0 Å². The van der Waals surface area contributed by atoms with Gasteiger partial charge in [0, 0.05) is 26.1 Å². The highest BCUT2D eigenvalue weighted by atomic mass is 32.1. The highest BCUT2D eigenvalue weighted by Crippen LogP contribution is 2.26. The summed E-state index contributed by atoms with van der Waals surface area (Å²) >= 11 is 1.68. The summed E-state index contributed by atoms with van der Waals surface area (Å²) in [4.78, 5) is 25.3. The monoisotopic (exact) mass is 360 g/mol. The third-order valence-electron chi connectivity index (χ3n) is 4.59. The van der Waals surface area contributed by atoms with Crippen molar-refractivity contribution in [3.63, 3.8) is 0 Å². The predicted molar refractivity (Wildman–Crippen MR) is 93.4 cm³/mol. The average Bonchev–Trinajstić information content (AvgIpc) is 3.33. The fourth-order valence-corrected chi connectivity index (χ4v) is 4.01. The van der Waals surface area contributed by atoms with Crippen LogP contribution in [0, 0.1) is 0 Å². The van der Waals surface area contributed by atoms with Gasteiger partial charge >= 0.3 is 0 Å². The quantitative estimate of drug-likeness (QED) is 0.809. The molecule has 2 amide bonds. The molecule has 8 nitrogen and oxygen atoms in total. The molecule has 1 atom stereocenters. The van der Waals surface area contributed by atoms with E-state index in [1.165, 1.54) is 5.56 Å². The molecule has 9 heteroatoms. The largest absolute Gasteiger partial charge is 0.353 e. The maximum atomic E-state index is 11.7. The molecule has 25 heavy (non-hydrogen) atoms. The van der Waals surface area contributed by atoms with Gasteiger partial charge in [0.15, 0.2) is 5.82 Å². The number of amides is 2. The molecular weight excluding hydrogens is 340 g/mol.